The van der Waals surface area contributed by atoms with Gasteiger partial charge in [-0.1, -0.05) is 0 Å². The van der Waals surface area contributed by atoms with Gasteiger partial charge in [-0.15, -0.1) is 11.3 Å². The number of anilines is 1. The highest BCUT2D eigenvalue weighted by molar-refractivity contribution is 7.14. The number of nitrogens with zero attached hydrogens (tertiary/aromatic N) is 1. The molecule has 0 atom stereocenters. The van der Waals surface area contributed by atoms with Crippen LogP contribution in [0.1, 0.15) is 0 Å². The van der Waals surface area contributed by atoms with Gasteiger partial charge in [-0.3, -0.25) is 0 Å². The molecule has 0 fully saturated rings. The first-order valence-electron chi connectivity index (χ1n) is 5.14. The molecule has 1 aromatic heterocycles. The Labute approximate surface area is 104 Å². The number of aromatic nitrogens is 1. The lowest BCUT2D eigenvalue weighted by atomic mass is 10.1. The van der Waals surface area contributed by atoms with Crippen LogP contribution in [0.4, 0.5) is 5.13 Å². The second-order valence-electron chi connectivity index (χ2n) is 3.36. The Morgan fingerprint density at radius 1 is 1.18 bits per heavy atom. The molecule has 1 heterocycles. The Morgan fingerprint density at radius 3 is 2.53 bits per heavy atom. The second-order valence-corrected chi connectivity index (χ2v) is 4.22. The summed E-state index contributed by atoms with van der Waals surface area (Å²) in [6, 6.07) is 5.77. The van der Waals surface area contributed by atoms with Gasteiger partial charge in [-0.2, -0.15) is 0 Å². The van der Waals surface area contributed by atoms with Crippen LogP contribution < -0.4 is 14.8 Å². The summed E-state index contributed by atoms with van der Waals surface area (Å²) in [5.74, 6) is 1.43. The summed E-state index contributed by atoms with van der Waals surface area (Å²) in [5, 5.41) is 5.92. The van der Waals surface area contributed by atoms with Gasteiger partial charge in [0.2, 0.25) is 0 Å². The van der Waals surface area contributed by atoms with E-state index >= 15 is 0 Å². The largest absolute Gasteiger partial charge is 0.493 e. The van der Waals surface area contributed by atoms with Crippen LogP contribution in [0, 0.1) is 0 Å². The Hall–Kier alpha value is -1.75. The highest BCUT2D eigenvalue weighted by Crippen LogP contribution is 2.33. The quantitative estimate of drug-likeness (QED) is 0.906. The predicted molar refractivity (Wildman–Crippen MR) is 70.2 cm³/mol. The zero-order valence-electron chi connectivity index (χ0n) is 9.98. The fraction of sp³-hybridized carbons (Fsp3) is 0.250. The lowest BCUT2D eigenvalue weighted by Gasteiger charge is -2.08. The van der Waals surface area contributed by atoms with Crippen molar-refractivity contribution in [2.75, 3.05) is 26.6 Å². The first kappa shape index (κ1) is 11.7. The van der Waals surface area contributed by atoms with Gasteiger partial charge in [-0.05, 0) is 18.2 Å². The zero-order valence-corrected chi connectivity index (χ0v) is 10.8. The van der Waals surface area contributed by atoms with E-state index in [4.69, 9.17) is 9.47 Å². The minimum Gasteiger partial charge on any atom is -0.493 e. The fourth-order valence-corrected chi connectivity index (χ4v) is 2.20. The number of hydrogen-bond acceptors (Lipinski definition) is 5. The molecular weight excluding hydrogens is 236 g/mol. The molecular formula is C12H14N2O2S. The molecule has 0 saturated carbocycles. The molecule has 0 aliphatic carbocycles. The molecule has 2 rings (SSSR count). The van der Waals surface area contributed by atoms with E-state index in [-0.39, 0.29) is 0 Å². The Bertz CT molecular complexity index is 511. The van der Waals surface area contributed by atoms with Gasteiger partial charge in [0.25, 0.3) is 0 Å². The number of benzene rings is 1. The summed E-state index contributed by atoms with van der Waals surface area (Å²) in [5.41, 5.74) is 1.95. The highest BCUT2D eigenvalue weighted by Gasteiger charge is 2.08. The van der Waals surface area contributed by atoms with E-state index in [1.54, 1.807) is 25.6 Å². The van der Waals surface area contributed by atoms with Gasteiger partial charge in [0.05, 0.1) is 19.9 Å². The molecule has 0 spiro atoms. The van der Waals surface area contributed by atoms with Crippen molar-refractivity contribution in [2.24, 2.45) is 0 Å². The Kier molecular flexibility index (Phi) is 3.49. The molecule has 5 heteroatoms. The summed E-state index contributed by atoms with van der Waals surface area (Å²) < 4.78 is 10.5. The highest BCUT2D eigenvalue weighted by atomic mass is 32.1. The molecule has 90 valence electrons. The van der Waals surface area contributed by atoms with Gasteiger partial charge in [0.1, 0.15) is 0 Å². The maximum Gasteiger partial charge on any atom is 0.182 e. The van der Waals surface area contributed by atoms with Crippen molar-refractivity contribution in [1.29, 1.82) is 0 Å². The molecule has 17 heavy (non-hydrogen) atoms. The maximum absolute atomic E-state index is 5.27. The summed E-state index contributed by atoms with van der Waals surface area (Å²) in [4.78, 5) is 4.44. The van der Waals surface area contributed by atoms with Crippen molar-refractivity contribution < 1.29 is 9.47 Å². The number of nitrogens with one attached hydrogen (secondary N) is 1. The molecule has 0 bridgehead atoms. The first-order valence-corrected chi connectivity index (χ1v) is 6.02. The summed E-state index contributed by atoms with van der Waals surface area (Å²) in [7, 11) is 5.11. The van der Waals surface area contributed by atoms with Crippen LogP contribution in [0.3, 0.4) is 0 Å². The summed E-state index contributed by atoms with van der Waals surface area (Å²) >= 11 is 1.57. The van der Waals surface area contributed by atoms with Crippen LogP contribution >= 0.6 is 11.3 Å². The number of methoxy groups -OCH3 is 2. The van der Waals surface area contributed by atoms with Gasteiger partial charge < -0.3 is 14.8 Å². The van der Waals surface area contributed by atoms with Gasteiger partial charge in [0.15, 0.2) is 16.6 Å². The topological polar surface area (TPSA) is 43.4 Å². The van der Waals surface area contributed by atoms with E-state index in [0.29, 0.717) is 5.75 Å². The molecule has 0 amide bonds. The van der Waals surface area contributed by atoms with Gasteiger partial charge >= 0.3 is 0 Å². The van der Waals surface area contributed by atoms with Crippen molar-refractivity contribution in [3.05, 3.63) is 23.6 Å². The minimum atomic E-state index is 0.712. The van der Waals surface area contributed by atoms with Crippen LogP contribution in [-0.2, 0) is 0 Å². The lowest BCUT2D eigenvalue weighted by molar-refractivity contribution is 0.355. The third-order valence-corrected chi connectivity index (χ3v) is 3.26. The standard InChI is InChI=1S/C12H14N2O2S/c1-13-12-14-9(7-17-12)8-4-5-10(15-2)11(6-8)16-3/h4-7H,1-3H3,(H,13,14). The summed E-state index contributed by atoms with van der Waals surface area (Å²) in [6.45, 7) is 0. The summed E-state index contributed by atoms with van der Waals surface area (Å²) in [6.07, 6.45) is 0. The van der Waals surface area contributed by atoms with Crippen LogP contribution in [0.15, 0.2) is 23.6 Å². The molecule has 2 aromatic rings. The normalized spacial score (nSPS) is 10.1. The van der Waals surface area contributed by atoms with E-state index in [0.717, 1.165) is 22.1 Å². The fourth-order valence-electron chi connectivity index (χ4n) is 1.52. The molecule has 0 aliphatic rings. The predicted octanol–water partition coefficient (Wildman–Crippen LogP) is 2.87. The number of thiazole rings is 1. The minimum absolute atomic E-state index is 0.712. The van der Waals surface area contributed by atoms with E-state index in [1.807, 2.05) is 30.6 Å². The molecule has 1 aromatic carbocycles. The average Bonchev–Trinajstić information content (AvgIpc) is 2.86. The van der Waals surface area contributed by atoms with Gasteiger partial charge in [-0.25, -0.2) is 4.98 Å². The van der Waals surface area contributed by atoms with Crippen molar-refractivity contribution in [2.45, 2.75) is 0 Å². The maximum atomic E-state index is 5.27. The van der Waals surface area contributed by atoms with Crippen molar-refractivity contribution in [1.82, 2.24) is 4.98 Å². The van der Waals surface area contributed by atoms with Crippen molar-refractivity contribution >= 4 is 16.5 Å². The smallest absolute Gasteiger partial charge is 0.182 e. The Balaban J connectivity index is 2.38. The third kappa shape index (κ3) is 2.34. The molecule has 0 radical (unpaired) electrons. The third-order valence-electron chi connectivity index (χ3n) is 2.40. The van der Waals surface area contributed by atoms with Crippen LogP contribution in [0.2, 0.25) is 0 Å². The monoisotopic (exact) mass is 250 g/mol. The van der Waals surface area contributed by atoms with Gasteiger partial charge in [0, 0.05) is 18.0 Å². The Morgan fingerprint density at radius 2 is 1.94 bits per heavy atom. The zero-order chi connectivity index (χ0) is 12.3. The molecule has 0 saturated heterocycles. The van der Waals surface area contributed by atoms with Crippen LogP contribution in [0.5, 0.6) is 11.5 Å². The van der Waals surface area contributed by atoms with E-state index in [9.17, 15) is 0 Å². The van der Waals surface area contributed by atoms with Crippen molar-refractivity contribution in [3.63, 3.8) is 0 Å². The molecule has 1 N–H and O–H groups in total. The van der Waals surface area contributed by atoms with E-state index in [1.165, 1.54) is 0 Å². The van der Waals surface area contributed by atoms with Crippen LogP contribution in [0.25, 0.3) is 11.3 Å². The number of rotatable bonds is 4. The molecule has 0 unspecified atom stereocenters. The van der Waals surface area contributed by atoms with Crippen molar-refractivity contribution in [3.8, 4) is 22.8 Å². The van der Waals surface area contributed by atoms with Crippen LogP contribution in [-0.4, -0.2) is 26.3 Å². The first-order chi connectivity index (χ1) is 8.28. The second kappa shape index (κ2) is 5.05. The van der Waals surface area contributed by atoms with E-state index < -0.39 is 0 Å². The molecule has 0 aliphatic heterocycles. The number of hydrogen-bond donors (Lipinski definition) is 1. The van der Waals surface area contributed by atoms with E-state index in [2.05, 4.69) is 10.3 Å². The number of ether oxygens (including phenoxy) is 2. The average molecular weight is 250 g/mol. The molecule has 4 nitrogen and oxygen atoms in total. The SMILES string of the molecule is CNc1nc(-c2ccc(OC)c(OC)c2)cs1. The lowest BCUT2D eigenvalue weighted by Crippen LogP contribution is -1.91.